The molecule has 0 spiro atoms. The Hall–Kier alpha value is -0.710. The van der Waals surface area contributed by atoms with E-state index in [0.717, 1.165) is 5.71 Å². The molecule has 0 amide bonds. The van der Waals surface area contributed by atoms with Crippen molar-refractivity contribution in [3.05, 3.63) is 0 Å². The molecule has 0 aromatic heterocycles. The largest absolute Gasteiger partial charge is 0.369 e. The highest BCUT2D eigenvalue weighted by atomic mass is 32.2. The quantitative estimate of drug-likeness (QED) is 0.393. The molecule has 4 nitrogen and oxygen atoms in total. The Morgan fingerprint density at radius 1 is 1.23 bits per heavy atom. The van der Waals surface area contributed by atoms with Gasteiger partial charge in [-0.2, -0.15) is 16.9 Å². The van der Waals surface area contributed by atoms with Gasteiger partial charge >= 0.3 is 0 Å². The van der Waals surface area contributed by atoms with Crippen LogP contribution in [0.4, 0.5) is 0 Å². The lowest BCUT2D eigenvalue weighted by molar-refractivity contribution is 0.633. The molecule has 13 heavy (non-hydrogen) atoms. The fraction of sp³-hybridized carbons (Fsp3) is 0.750. The van der Waals surface area contributed by atoms with Gasteiger partial charge in [0.25, 0.3) is 0 Å². The van der Waals surface area contributed by atoms with Gasteiger partial charge in [-0.3, -0.25) is 0 Å². The number of nitrogens with zero attached hydrogens (tertiary/aromatic N) is 2. The molecule has 0 bridgehead atoms. The Morgan fingerprint density at radius 3 is 2.38 bits per heavy atom. The normalized spacial score (nSPS) is 19.9. The van der Waals surface area contributed by atoms with Crippen LogP contribution in [0, 0.1) is 5.92 Å². The monoisotopic (exact) mass is 200 g/mol. The molecule has 1 aliphatic heterocycles. The molecule has 0 atom stereocenters. The molecule has 1 saturated heterocycles. The third-order valence-corrected chi connectivity index (χ3v) is 3.18. The van der Waals surface area contributed by atoms with Gasteiger partial charge in [0, 0.05) is 11.6 Å². The zero-order chi connectivity index (χ0) is 9.68. The Bertz CT molecular complexity index is 214. The predicted octanol–water partition coefficient (Wildman–Crippen LogP) is 0.779. The van der Waals surface area contributed by atoms with Crippen LogP contribution >= 0.6 is 11.8 Å². The zero-order valence-electron chi connectivity index (χ0n) is 7.86. The first kappa shape index (κ1) is 10.4. The summed E-state index contributed by atoms with van der Waals surface area (Å²) in [5.74, 6) is 3.05. The Kier molecular flexibility index (Phi) is 4.08. The average Bonchev–Trinajstić information content (AvgIpc) is 2.15. The van der Waals surface area contributed by atoms with Crippen LogP contribution in [0.5, 0.6) is 0 Å². The molecule has 0 radical (unpaired) electrons. The van der Waals surface area contributed by atoms with Crippen LogP contribution in [0.1, 0.15) is 19.8 Å². The highest BCUT2D eigenvalue weighted by Crippen LogP contribution is 2.23. The van der Waals surface area contributed by atoms with Gasteiger partial charge < -0.3 is 11.5 Å². The first-order valence-corrected chi connectivity index (χ1v) is 5.56. The van der Waals surface area contributed by atoms with Crippen LogP contribution in [-0.4, -0.2) is 23.2 Å². The third kappa shape index (κ3) is 3.67. The van der Waals surface area contributed by atoms with Gasteiger partial charge in [-0.05, 0) is 31.3 Å². The maximum absolute atomic E-state index is 5.19. The molecular formula is C8H16N4S. The topological polar surface area (TPSA) is 76.8 Å². The van der Waals surface area contributed by atoms with Crippen molar-refractivity contribution < 1.29 is 0 Å². The van der Waals surface area contributed by atoms with Crippen molar-refractivity contribution in [2.45, 2.75) is 19.8 Å². The lowest BCUT2D eigenvalue weighted by Crippen LogP contribution is -2.23. The molecule has 0 aromatic carbocycles. The average molecular weight is 200 g/mol. The zero-order valence-corrected chi connectivity index (χ0v) is 8.68. The molecule has 1 aliphatic rings. The standard InChI is InChI=1S/C8H16N4S/c1-6(11-12-8(9)10)7-2-4-13-5-3-7/h7H,2-5H2,1H3,(H4,9,10,12)/b11-6+. The van der Waals surface area contributed by atoms with Crippen LogP contribution in [0.2, 0.25) is 0 Å². The minimum atomic E-state index is 0.0320. The second-order valence-electron chi connectivity index (χ2n) is 3.15. The molecule has 5 heteroatoms. The van der Waals surface area contributed by atoms with Crippen molar-refractivity contribution in [1.29, 1.82) is 0 Å². The Labute approximate surface area is 82.9 Å². The second-order valence-corrected chi connectivity index (χ2v) is 4.38. The number of rotatable bonds is 2. The molecule has 1 fully saturated rings. The summed E-state index contributed by atoms with van der Waals surface area (Å²) in [4.78, 5) is 0. The van der Waals surface area contributed by atoms with E-state index in [1.807, 2.05) is 18.7 Å². The number of guanidine groups is 1. The minimum absolute atomic E-state index is 0.0320. The highest BCUT2D eigenvalue weighted by Gasteiger charge is 2.16. The number of hydrogen-bond donors (Lipinski definition) is 2. The summed E-state index contributed by atoms with van der Waals surface area (Å²) >= 11 is 2.00. The molecule has 0 aromatic rings. The van der Waals surface area contributed by atoms with E-state index in [9.17, 15) is 0 Å². The third-order valence-electron chi connectivity index (χ3n) is 2.14. The fourth-order valence-corrected chi connectivity index (χ4v) is 2.44. The van der Waals surface area contributed by atoms with E-state index >= 15 is 0 Å². The van der Waals surface area contributed by atoms with Crippen molar-refractivity contribution in [2.24, 2.45) is 27.6 Å². The minimum Gasteiger partial charge on any atom is -0.369 e. The molecular weight excluding hydrogens is 184 g/mol. The van der Waals surface area contributed by atoms with Crippen molar-refractivity contribution in [2.75, 3.05) is 11.5 Å². The van der Waals surface area contributed by atoms with E-state index in [2.05, 4.69) is 10.2 Å². The first-order chi connectivity index (χ1) is 6.20. The predicted molar refractivity (Wildman–Crippen MR) is 59.0 cm³/mol. The maximum Gasteiger partial charge on any atom is 0.211 e. The summed E-state index contributed by atoms with van der Waals surface area (Å²) in [5.41, 5.74) is 11.4. The summed E-state index contributed by atoms with van der Waals surface area (Å²) in [7, 11) is 0. The number of nitrogens with two attached hydrogens (primary N) is 2. The molecule has 0 unspecified atom stereocenters. The maximum atomic E-state index is 5.19. The van der Waals surface area contributed by atoms with Gasteiger partial charge in [-0.1, -0.05) is 0 Å². The van der Waals surface area contributed by atoms with E-state index in [4.69, 9.17) is 11.5 Å². The summed E-state index contributed by atoms with van der Waals surface area (Å²) in [6, 6.07) is 0. The van der Waals surface area contributed by atoms with Crippen molar-refractivity contribution in [1.82, 2.24) is 0 Å². The number of thioether (sulfide) groups is 1. The lowest BCUT2D eigenvalue weighted by atomic mass is 9.98. The van der Waals surface area contributed by atoms with E-state index in [1.54, 1.807) is 0 Å². The molecule has 0 aliphatic carbocycles. The van der Waals surface area contributed by atoms with Gasteiger partial charge in [0.15, 0.2) is 0 Å². The summed E-state index contributed by atoms with van der Waals surface area (Å²) in [6.45, 7) is 1.99. The van der Waals surface area contributed by atoms with Crippen molar-refractivity contribution in [3.63, 3.8) is 0 Å². The second kappa shape index (κ2) is 5.11. The SMILES string of the molecule is C/C(=N\N=C(N)N)C1CCSCC1. The smallest absolute Gasteiger partial charge is 0.211 e. The highest BCUT2D eigenvalue weighted by molar-refractivity contribution is 7.99. The molecule has 1 rings (SSSR count). The summed E-state index contributed by atoms with van der Waals surface area (Å²) < 4.78 is 0. The Balaban J connectivity index is 2.49. The Morgan fingerprint density at radius 2 is 1.85 bits per heavy atom. The number of hydrogen-bond acceptors (Lipinski definition) is 3. The van der Waals surface area contributed by atoms with Crippen LogP contribution in [0.15, 0.2) is 10.2 Å². The lowest BCUT2D eigenvalue weighted by Gasteiger charge is -2.20. The summed E-state index contributed by atoms with van der Waals surface area (Å²) in [6.07, 6.45) is 2.39. The van der Waals surface area contributed by atoms with E-state index in [1.165, 1.54) is 24.3 Å². The van der Waals surface area contributed by atoms with E-state index in [0.29, 0.717) is 5.92 Å². The van der Waals surface area contributed by atoms with Gasteiger partial charge in [0.05, 0.1) is 0 Å². The first-order valence-electron chi connectivity index (χ1n) is 4.41. The molecule has 74 valence electrons. The van der Waals surface area contributed by atoms with Crippen molar-refractivity contribution in [3.8, 4) is 0 Å². The van der Waals surface area contributed by atoms with E-state index in [-0.39, 0.29) is 5.96 Å². The molecule has 4 N–H and O–H groups in total. The van der Waals surface area contributed by atoms with Gasteiger partial charge in [0.2, 0.25) is 5.96 Å². The van der Waals surface area contributed by atoms with Crippen LogP contribution in [0.3, 0.4) is 0 Å². The fourth-order valence-electron chi connectivity index (χ4n) is 1.33. The van der Waals surface area contributed by atoms with Crippen LogP contribution in [-0.2, 0) is 0 Å². The molecule has 1 heterocycles. The van der Waals surface area contributed by atoms with E-state index < -0.39 is 0 Å². The summed E-state index contributed by atoms with van der Waals surface area (Å²) in [5, 5.41) is 7.65. The van der Waals surface area contributed by atoms with Gasteiger partial charge in [-0.15, -0.1) is 5.10 Å². The van der Waals surface area contributed by atoms with Gasteiger partial charge in [0.1, 0.15) is 0 Å². The van der Waals surface area contributed by atoms with Gasteiger partial charge in [-0.25, -0.2) is 0 Å². The van der Waals surface area contributed by atoms with Crippen molar-refractivity contribution >= 4 is 23.4 Å². The molecule has 0 saturated carbocycles. The van der Waals surface area contributed by atoms with Crippen LogP contribution in [0.25, 0.3) is 0 Å². The van der Waals surface area contributed by atoms with Crippen LogP contribution < -0.4 is 11.5 Å².